The molecule has 0 radical (unpaired) electrons. The standard InChI is InChI=1S/C26H36N2O5Si.C20H22N2O5.C19H32N2O3Si.C14H23NO4Si.C13H21NO4Si.C7H6O3.C5H11NO2.3CH4/c1-26(2,3)34(4,5)33-18-22-20(11-9-14-27-22)25(31)28-15-7-6-10-19(28)17-32-24-13-8-12-23(30)21(24)16-29;23-11-16-18(25)7-3-8-19(16)27-13-14-5-1-2-10-22(14)20(26)15-6-4-9-21-17(15)12-24;1-19(2,3)25(4,5)24-14-17-16(10-8-11-20-17)18(23)21-12-7-6-9-15(21)13-22;1-14(2,3)20(5,6)19-18-10-12-11(13(16)17-4)8-7-9-15-12;1-13(2,3)19(4,5)18-17-9-11-10(12(15)16)7-6-8-14-11;8-4-5-6(9)2-1-3-7(5)10;7-3-5-4-8-2-1-6-5;;;/h8-9,11-14,16,19,30H,6-7,10,15,17-18H2,1-5H3;3-4,6-9,11,14,24-25H,1-2,5,10,12-13H2;8,10-11,15,22H,6-7,9,12-14H2,1-5H3;7-9H,10H2,1-6H3;6-8H,9H2,1-5H3,(H,15,16);1-4,9-10H;5-7H,1-4H2;3*1H4/t19-;14-;15-;;;;5-;;;/m000...1.../s1. The molecule has 146 heavy (non-hydrogen) atoms. The fraction of sp³-hybridized carbons (Fsp3) is 0.523. The molecule has 5 aromatic heterocycles. The number of likely N-dealkylation sites (tertiary alicyclic amines) is 3. The number of carboxylic acids is 1. The Hall–Kier alpha value is -11.0. The molecule has 0 bridgehead atoms. The topological polar surface area (TPSA) is 477 Å². The number of aromatic hydroxyl groups is 4. The summed E-state index contributed by atoms with van der Waals surface area (Å²) < 4.78 is 45.2. The van der Waals surface area contributed by atoms with Gasteiger partial charge < -0.3 is 88.7 Å². The van der Waals surface area contributed by atoms with Crippen molar-refractivity contribution in [1.29, 1.82) is 0 Å². The van der Waals surface area contributed by atoms with Crippen molar-refractivity contribution in [3.63, 3.8) is 0 Å². The van der Waals surface area contributed by atoms with Crippen molar-refractivity contribution in [3.8, 4) is 34.5 Å². The maximum atomic E-state index is 13.6. The number of hydrogen-bond donors (Lipinski definition) is 9. The fourth-order valence-electron chi connectivity index (χ4n) is 13.6. The molecule has 9 N–H and O–H groups in total. The third kappa shape index (κ3) is 38.6. The highest BCUT2D eigenvalue weighted by atomic mass is 28.4. The number of aliphatic hydroxyl groups excluding tert-OH is 3. The van der Waals surface area contributed by atoms with Crippen LogP contribution in [0.5, 0.6) is 34.5 Å². The normalized spacial score (nSPS) is 15.9. The summed E-state index contributed by atoms with van der Waals surface area (Å²) >= 11 is 0. The van der Waals surface area contributed by atoms with Gasteiger partial charge in [-0.05, 0) is 227 Å². The number of aromatic nitrogens is 5. The second-order valence-corrected chi connectivity index (χ2v) is 59.8. The van der Waals surface area contributed by atoms with Crippen LogP contribution in [-0.2, 0) is 70.3 Å². The van der Waals surface area contributed by atoms with Gasteiger partial charge in [-0.1, -0.05) is 124 Å². The summed E-state index contributed by atoms with van der Waals surface area (Å²) in [4.78, 5) is 132. The van der Waals surface area contributed by atoms with Crippen LogP contribution in [-0.4, -0.2) is 259 Å². The summed E-state index contributed by atoms with van der Waals surface area (Å²) in [6, 6.07) is 30.2. The molecule has 4 aliphatic rings. The number of benzene rings is 3. The highest BCUT2D eigenvalue weighted by Gasteiger charge is 2.43. The molecular weight excluding hydrogens is 1940 g/mol. The molecule has 4 saturated heterocycles. The van der Waals surface area contributed by atoms with E-state index in [-0.39, 0.29) is 176 Å². The number of piperidine rings is 3. The van der Waals surface area contributed by atoms with Gasteiger partial charge in [-0.25, -0.2) is 19.4 Å². The van der Waals surface area contributed by atoms with Gasteiger partial charge in [-0.15, -0.1) is 0 Å². The molecule has 3 aromatic carbocycles. The lowest BCUT2D eigenvalue weighted by molar-refractivity contribution is -0.232. The van der Waals surface area contributed by atoms with Crippen molar-refractivity contribution in [3.05, 3.63) is 219 Å². The summed E-state index contributed by atoms with van der Waals surface area (Å²) in [5.74, 6) is -1.80. The first-order valence-corrected chi connectivity index (χ1v) is 59.8. The fourth-order valence-corrected chi connectivity index (χ4v) is 16.7. The highest BCUT2D eigenvalue weighted by Crippen LogP contribution is 2.42. The van der Waals surface area contributed by atoms with Gasteiger partial charge in [0, 0.05) is 57.2 Å². The lowest BCUT2D eigenvalue weighted by atomic mass is 10.0. The zero-order valence-electron chi connectivity index (χ0n) is 86.9. The van der Waals surface area contributed by atoms with E-state index >= 15 is 0 Å². The predicted molar refractivity (Wildman–Crippen MR) is 572 cm³/mol. The smallest absolute Gasteiger partial charge is 0.339 e. The Bertz CT molecular complexity index is 5370. The number of methoxy groups -OCH3 is 1. The number of phenolic OH excluding ortho intramolecular Hbond substituents is 4. The Balaban J connectivity index is 0.000000451. The second kappa shape index (κ2) is 61.1. The molecule has 39 heteroatoms. The number of phenols is 4. The first-order chi connectivity index (χ1) is 67.4. The van der Waals surface area contributed by atoms with Crippen LogP contribution in [0.1, 0.15) is 274 Å². The van der Waals surface area contributed by atoms with Crippen molar-refractivity contribution < 1.29 is 126 Å². The SMILES string of the molecule is C.C.C.CC(C)(C)[Si](C)(C)OCc1ncccc1C(=O)N1CCCC[C@H]1CO.CC(C)(C)[Si](C)(C)OCc1ncccc1C(=O)N1CCCC[C@H]1COc1cccc(O)c1C=O.CC(C)(C)[Si](C)(C)OOCc1ncccc1C(=O)O.COC(=O)c1cccnc1COO[Si](C)(C)C(C)(C)C.O=Cc1c(O)cccc1O.O=Cc1c(O)cccc1OC[C@@H]1CCCCN1C(=O)c1cccnc1CO.OC[C@@H]1COCCN1. The number of hydrogen-bond acceptors (Lipinski definition) is 31. The number of morpholine rings is 1. The van der Waals surface area contributed by atoms with Gasteiger partial charge in [0.25, 0.3) is 17.7 Å². The van der Waals surface area contributed by atoms with Crippen LogP contribution < -0.4 is 14.8 Å². The molecule has 0 unspecified atom stereocenters. The van der Waals surface area contributed by atoms with E-state index in [4.69, 9.17) is 67.2 Å². The van der Waals surface area contributed by atoms with Crippen LogP contribution in [0.15, 0.2) is 146 Å². The Labute approximate surface area is 867 Å². The third-order valence-electron chi connectivity index (χ3n) is 26.7. The summed E-state index contributed by atoms with van der Waals surface area (Å²) in [7, 11) is -6.55. The average molecular weight is 2100 g/mol. The van der Waals surface area contributed by atoms with Gasteiger partial charge in [0.15, 0.2) is 35.5 Å². The van der Waals surface area contributed by atoms with Gasteiger partial charge in [-0.2, -0.15) is 0 Å². The van der Waals surface area contributed by atoms with Crippen molar-refractivity contribution in [2.45, 2.75) is 293 Å². The molecule has 0 saturated carbocycles. The number of esters is 1. The van der Waals surface area contributed by atoms with Crippen LogP contribution in [0.3, 0.4) is 0 Å². The number of pyridine rings is 5. The summed E-state index contributed by atoms with van der Waals surface area (Å²) in [5, 5.41) is 77.5. The van der Waals surface area contributed by atoms with E-state index in [2.05, 4.69) is 166 Å². The molecule has 8 aromatic rings. The van der Waals surface area contributed by atoms with Gasteiger partial charge in [-0.3, -0.25) is 62.8 Å². The molecule has 808 valence electrons. The maximum Gasteiger partial charge on any atom is 0.339 e. The van der Waals surface area contributed by atoms with E-state index in [1.54, 1.807) is 101 Å². The number of carbonyl (C=O) groups is 8. The lowest BCUT2D eigenvalue weighted by Crippen LogP contribution is -2.47. The number of nitrogens with one attached hydrogen (secondary N) is 1. The predicted octanol–water partition coefficient (Wildman–Crippen LogP) is 19.3. The van der Waals surface area contributed by atoms with Crippen molar-refractivity contribution in [2.75, 3.05) is 72.9 Å². The third-order valence-corrected chi connectivity index (χ3v) is 43.9. The van der Waals surface area contributed by atoms with E-state index in [1.165, 1.54) is 49.7 Å². The lowest BCUT2D eigenvalue weighted by Gasteiger charge is -2.37. The molecule has 3 amide bonds. The van der Waals surface area contributed by atoms with E-state index in [0.717, 1.165) is 70.9 Å². The maximum absolute atomic E-state index is 13.6. The minimum atomic E-state index is -2.00. The molecular formula is C107H163N9O26Si4. The Morgan fingerprint density at radius 3 is 1.05 bits per heavy atom. The Kier molecular flexibility index (Phi) is 54.0. The molecule has 4 fully saturated rings. The first-order valence-electron chi connectivity index (χ1n) is 48.1. The van der Waals surface area contributed by atoms with Crippen molar-refractivity contribution in [1.82, 2.24) is 44.9 Å². The second-order valence-electron chi connectivity index (χ2n) is 40.9. The van der Waals surface area contributed by atoms with Gasteiger partial charge in [0.1, 0.15) is 60.9 Å². The van der Waals surface area contributed by atoms with E-state index in [1.807, 2.05) is 17.0 Å². The molecule has 0 spiro atoms. The van der Waals surface area contributed by atoms with Gasteiger partial charge >= 0.3 is 11.9 Å². The van der Waals surface area contributed by atoms with Crippen LogP contribution in [0.2, 0.25) is 72.5 Å². The number of carboxylic acid groups (broad SMARTS) is 1. The van der Waals surface area contributed by atoms with Crippen LogP contribution >= 0.6 is 0 Å². The first kappa shape index (κ1) is 129. The monoisotopic (exact) mass is 2100 g/mol. The van der Waals surface area contributed by atoms with E-state index < -0.39 is 45.2 Å². The summed E-state index contributed by atoms with van der Waals surface area (Å²) in [5.41, 5.74) is 4.81. The molecule has 0 aliphatic carbocycles. The summed E-state index contributed by atoms with van der Waals surface area (Å²) in [6.07, 6.45) is 17.9. The van der Waals surface area contributed by atoms with E-state index in [0.29, 0.717) is 121 Å². The number of amides is 3. The number of carbonyl (C=O) groups excluding carboxylic acids is 7. The Morgan fingerprint density at radius 2 is 0.740 bits per heavy atom. The summed E-state index contributed by atoms with van der Waals surface area (Å²) in [6.45, 7) is 48.3. The molecule has 12 rings (SSSR count). The largest absolute Gasteiger partial charge is 0.507 e. The van der Waals surface area contributed by atoms with Gasteiger partial charge in [0.05, 0.1) is 151 Å². The zero-order chi connectivity index (χ0) is 106. The minimum absolute atomic E-state index is 0. The number of aromatic carboxylic acids is 1. The van der Waals surface area contributed by atoms with Crippen LogP contribution in [0.4, 0.5) is 0 Å². The molecule has 4 aliphatic heterocycles. The average Bonchev–Trinajstić information content (AvgIpc) is 0.808. The highest BCUT2D eigenvalue weighted by molar-refractivity contribution is 6.75. The van der Waals surface area contributed by atoms with Gasteiger partial charge in [0.2, 0.25) is 16.6 Å². The van der Waals surface area contributed by atoms with Crippen molar-refractivity contribution >= 4 is 81.8 Å². The number of aldehydes is 3. The van der Waals surface area contributed by atoms with Crippen LogP contribution in [0, 0.1) is 0 Å². The number of aliphatic hydroxyl groups is 3. The minimum Gasteiger partial charge on any atom is -0.507 e. The quantitative estimate of drug-likeness (QED) is 0.00640. The van der Waals surface area contributed by atoms with E-state index in [9.17, 15) is 58.8 Å². The van der Waals surface area contributed by atoms with Crippen LogP contribution in [0.25, 0.3) is 0 Å². The molecule has 9 heterocycles. The molecule has 4 atom stereocenters. The van der Waals surface area contributed by atoms with Crippen molar-refractivity contribution in [2.24, 2.45) is 0 Å². The number of nitrogens with zero attached hydrogens (tertiary/aromatic N) is 8. The zero-order valence-corrected chi connectivity index (χ0v) is 90.9. The molecule has 35 nitrogen and oxygen atoms in total. The number of rotatable bonds is 31. The number of ether oxygens (including phenoxy) is 4. The Morgan fingerprint density at radius 1 is 0.418 bits per heavy atom.